The van der Waals surface area contributed by atoms with Crippen molar-refractivity contribution < 1.29 is 8.81 Å². The van der Waals surface area contributed by atoms with Gasteiger partial charge in [0.05, 0.1) is 18.6 Å². The van der Waals surface area contributed by atoms with Crippen LogP contribution in [0.3, 0.4) is 0 Å². The van der Waals surface area contributed by atoms with Gasteiger partial charge in [-0.25, -0.2) is 4.39 Å². The first-order chi connectivity index (χ1) is 8.22. The van der Waals surface area contributed by atoms with Gasteiger partial charge in [-0.2, -0.15) is 0 Å². The molecule has 0 aliphatic heterocycles. The van der Waals surface area contributed by atoms with Gasteiger partial charge in [-0.1, -0.05) is 19.1 Å². The molecular formula is C14H16FNO. The zero-order valence-corrected chi connectivity index (χ0v) is 10.0. The molecule has 1 atom stereocenters. The summed E-state index contributed by atoms with van der Waals surface area (Å²) in [6.45, 7) is 4.65. The molecule has 0 spiro atoms. The van der Waals surface area contributed by atoms with E-state index in [-0.39, 0.29) is 11.9 Å². The van der Waals surface area contributed by atoms with Crippen molar-refractivity contribution in [2.75, 3.05) is 6.54 Å². The highest BCUT2D eigenvalue weighted by Crippen LogP contribution is 2.25. The summed E-state index contributed by atoms with van der Waals surface area (Å²) in [5.74, 6) is -0.183. The molecule has 0 saturated heterocycles. The fourth-order valence-electron chi connectivity index (χ4n) is 1.92. The Morgan fingerprint density at radius 3 is 2.76 bits per heavy atom. The molecule has 90 valence electrons. The second kappa shape index (κ2) is 5.15. The number of furan rings is 1. The first-order valence-electron chi connectivity index (χ1n) is 5.74. The van der Waals surface area contributed by atoms with Crippen molar-refractivity contribution in [3.8, 4) is 0 Å². The Morgan fingerprint density at radius 1 is 1.35 bits per heavy atom. The molecule has 1 N–H and O–H groups in total. The van der Waals surface area contributed by atoms with Crippen LogP contribution in [0, 0.1) is 12.7 Å². The average Bonchev–Trinajstić information content (AvgIpc) is 2.80. The van der Waals surface area contributed by atoms with E-state index >= 15 is 0 Å². The largest absolute Gasteiger partial charge is 0.472 e. The summed E-state index contributed by atoms with van der Waals surface area (Å²) in [4.78, 5) is 0. The highest BCUT2D eigenvalue weighted by Gasteiger charge is 2.17. The van der Waals surface area contributed by atoms with Crippen molar-refractivity contribution in [2.45, 2.75) is 19.9 Å². The SMILES string of the molecule is CCNC(c1ccoc1)c1ccc(C)cc1F. The molecule has 0 aliphatic rings. The summed E-state index contributed by atoms with van der Waals surface area (Å²) in [5.41, 5.74) is 2.52. The van der Waals surface area contributed by atoms with Crippen molar-refractivity contribution in [3.63, 3.8) is 0 Å². The Labute approximate surface area is 100 Å². The highest BCUT2D eigenvalue weighted by atomic mass is 19.1. The molecule has 0 saturated carbocycles. The van der Waals surface area contributed by atoms with Gasteiger partial charge in [-0.3, -0.25) is 0 Å². The summed E-state index contributed by atoms with van der Waals surface area (Å²) < 4.78 is 19.0. The third-order valence-electron chi connectivity index (χ3n) is 2.75. The van der Waals surface area contributed by atoms with Crippen LogP contribution in [0.25, 0.3) is 0 Å². The van der Waals surface area contributed by atoms with Crippen LogP contribution in [0.4, 0.5) is 4.39 Å². The number of nitrogens with one attached hydrogen (secondary N) is 1. The Kier molecular flexibility index (Phi) is 3.59. The van der Waals surface area contributed by atoms with Crippen LogP contribution < -0.4 is 5.32 Å². The average molecular weight is 233 g/mol. The van der Waals surface area contributed by atoms with E-state index in [2.05, 4.69) is 5.32 Å². The third-order valence-corrected chi connectivity index (χ3v) is 2.75. The van der Waals surface area contributed by atoms with Crippen LogP contribution in [0.1, 0.15) is 29.7 Å². The molecule has 1 heterocycles. The van der Waals surface area contributed by atoms with Crippen molar-refractivity contribution in [2.24, 2.45) is 0 Å². The van der Waals surface area contributed by atoms with Gasteiger partial charge >= 0.3 is 0 Å². The van der Waals surface area contributed by atoms with Crippen LogP contribution in [-0.2, 0) is 0 Å². The molecule has 2 rings (SSSR count). The van der Waals surface area contributed by atoms with Gasteiger partial charge in [0, 0.05) is 11.1 Å². The molecule has 0 fully saturated rings. The lowest BCUT2D eigenvalue weighted by Crippen LogP contribution is -2.22. The van der Waals surface area contributed by atoms with E-state index in [4.69, 9.17) is 4.42 Å². The van der Waals surface area contributed by atoms with Crippen molar-refractivity contribution in [3.05, 3.63) is 59.3 Å². The zero-order chi connectivity index (χ0) is 12.3. The Balaban J connectivity index is 2.39. The summed E-state index contributed by atoms with van der Waals surface area (Å²) >= 11 is 0. The standard InChI is InChI=1S/C14H16FNO/c1-3-16-14(11-6-7-17-9-11)12-5-4-10(2)8-13(12)15/h4-9,14,16H,3H2,1-2H3. The molecule has 17 heavy (non-hydrogen) atoms. The Morgan fingerprint density at radius 2 is 2.18 bits per heavy atom. The van der Waals surface area contributed by atoms with Crippen LogP contribution in [0.5, 0.6) is 0 Å². The quantitative estimate of drug-likeness (QED) is 0.875. The van der Waals surface area contributed by atoms with Crippen LogP contribution in [-0.4, -0.2) is 6.54 Å². The summed E-state index contributed by atoms with van der Waals surface area (Å²) in [7, 11) is 0. The second-order valence-corrected chi connectivity index (χ2v) is 4.07. The van der Waals surface area contributed by atoms with Crippen molar-refractivity contribution in [1.29, 1.82) is 0 Å². The summed E-state index contributed by atoms with van der Waals surface area (Å²) in [5, 5.41) is 3.26. The Hall–Kier alpha value is -1.61. The molecule has 2 nitrogen and oxygen atoms in total. The maximum Gasteiger partial charge on any atom is 0.128 e. The van der Waals surface area contributed by atoms with Gasteiger partial charge in [0.15, 0.2) is 0 Å². The number of halogens is 1. The van der Waals surface area contributed by atoms with E-state index in [9.17, 15) is 4.39 Å². The predicted molar refractivity (Wildman–Crippen MR) is 65.4 cm³/mol. The van der Waals surface area contributed by atoms with Gasteiger partial charge < -0.3 is 9.73 Å². The number of aryl methyl sites for hydroxylation is 1. The first kappa shape index (κ1) is 11.9. The summed E-state index contributed by atoms with van der Waals surface area (Å²) in [6.07, 6.45) is 3.25. The van der Waals surface area contributed by atoms with Crippen LogP contribution in [0.2, 0.25) is 0 Å². The fraction of sp³-hybridized carbons (Fsp3) is 0.286. The van der Waals surface area contributed by atoms with Crippen LogP contribution in [0.15, 0.2) is 41.2 Å². The Bertz CT molecular complexity index is 479. The second-order valence-electron chi connectivity index (χ2n) is 4.07. The number of rotatable bonds is 4. The maximum absolute atomic E-state index is 13.9. The molecule has 0 aliphatic carbocycles. The van der Waals surface area contributed by atoms with Crippen molar-refractivity contribution in [1.82, 2.24) is 5.32 Å². The molecule has 1 unspecified atom stereocenters. The lowest BCUT2D eigenvalue weighted by Gasteiger charge is -2.17. The minimum absolute atomic E-state index is 0.153. The topological polar surface area (TPSA) is 25.2 Å². The maximum atomic E-state index is 13.9. The van der Waals surface area contributed by atoms with E-state index < -0.39 is 0 Å². The van der Waals surface area contributed by atoms with Gasteiger partial charge in [0.1, 0.15) is 5.82 Å². The van der Waals surface area contributed by atoms with Gasteiger partial charge in [0.25, 0.3) is 0 Å². The highest BCUT2D eigenvalue weighted by molar-refractivity contribution is 5.32. The summed E-state index contributed by atoms with van der Waals surface area (Å²) in [6, 6.07) is 7.00. The molecule has 1 aromatic carbocycles. The smallest absolute Gasteiger partial charge is 0.128 e. The van der Waals surface area contributed by atoms with E-state index in [1.54, 1.807) is 18.6 Å². The van der Waals surface area contributed by atoms with E-state index in [1.807, 2.05) is 32.0 Å². The number of benzene rings is 1. The lowest BCUT2D eigenvalue weighted by atomic mass is 9.99. The van der Waals surface area contributed by atoms with Gasteiger partial charge in [0.2, 0.25) is 0 Å². The van der Waals surface area contributed by atoms with Gasteiger partial charge in [-0.05, 0) is 31.2 Å². The minimum Gasteiger partial charge on any atom is -0.472 e. The van der Waals surface area contributed by atoms with Gasteiger partial charge in [-0.15, -0.1) is 0 Å². The predicted octanol–water partition coefficient (Wildman–Crippen LogP) is 3.43. The minimum atomic E-state index is -0.183. The molecule has 0 bridgehead atoms. The first-order valence-corrected chi connectivity index (χ1v) is 5.74. The van der Waals surface area contributed by atoms with E-state index in [0.29, 0.717) is 5.56 Å². The van der Waals surface area contributed by atoms with E-state index in [0.717, 1.165) is 17.7 Å². The molecular weight excluding hydrogens is 217 g/mol. The third kappa shape index (κ3) is 2.56. The normalized spacial score (nSPS) is 12.6. The number of hydrogen-bond acceptors (Lipinski definition) is 2. The molecule has 0 radical (unpaired) electrons. The molecule has 0 amide bonds. The molecule has 2 aromatic rings. The van der Waals surface area contributed by atoms with Crippen molar-refractivity contribution >= 4 is 0 Å². The fourth-order valence-corrected chi connectivity index (χ4v) is 1.92. The van der Waals surface area contributed by atoms with E-state index in [1.165, 1.54) is 0 Å². The van der Waals surface area contributed by atoms with Crippen LogP contribution >= 0.6 is 0 Å². The molecule has 3 heteroatoms. The zero-order valence-electron chi connectivity index (χ0n) is 10.0. The number of hydrogen-bond donors (Lipinski definition) is 1. The molecule has 1 aromatic heterocycles. The monoisotopic (exact) mass is 233 g/mol. The lowest BCUT2D eigenvalue weighted by molar-refractivity contribution is 0.538.